The Morgan fingerprint density at radius 1 is 0.416 bits per heavy atom. The van der Waals surface area contributed by atoms with E-state index in [1.165, 1.54) is 135 Å². The number of allylic oxidation sites excluding steroid dienone is 10. The van der Waals surface area contributed by atoms with Crippen LogP contribution in [0.2, 0.25) is 0 Å². The molecule has 15 nitrogen and oxygen atoms in total. The Labute approximate surface area is 464 Å². The Hall–Kier alpha value is -2.80. The van der Waals surface area contributed by atoms with Gasteiger partial charge in [-0.2, -0.15) is 0 Å². The lowest BCUT2D eigenvalue weighted by molar-refractivity contribution is -0.332. The highest BCUT2D eigenvalue weighted by Gasteiger charge is 2.47. The molecule has 2 aliphatic rings. The van der Waals surface area contributed by atoms with Gasteiger partial charge in [0.05, 0.1) is 19.8 Å². The van der Waals surface area contributed by atoms with Crippen molar-refractivity contribution < 1.29 is 73.8 Å². The van der Waals surface area contributed by atoms with Crippen molar-refractivity contribution in [2.75, 3.05) is 26.4 Å². The van der Waals surface area contributed by atoms with Gasteiger partial charge in [-0.05, 0) is 51.4 Å². The summed E-state index contributed by atoms with van der Waals surface area (Å²) in [4.78, 5) is 25.9. The van der Waals surface area contributed by atoms with Gasteiger partial charge in [-0.15, -0.1) is 0 Å². The number of rotatable bonds is 48. The molecule has 2 saturated heterocycles. The number of hydrogen-bond donors (Lipinski definition) is 7. The van der Waals surface area contributed by atoms with E-state index in [0.29, 0.717) is 19.3 Å². The summed E-state index contributed by atoms with van der Waals surface area (Å²) >= 11 is 0. The van der Waals surface area contributed by atoms with Crippen LogP contribution in [0.1, 0.15) is 226 Å². The van der Waals surface area contributed by atoms with Gasteiger partial charge in [-0.25, -0.2) is 0 Å². The molecule has 446 valence electrons. The summed E-state index contributed by atoms with van der Waals surface area (Å²) < 4.78 is 33.6. The molecule has 0 aromatic rings. The van der Waals surface area contributed by atoms with Gasteiger partial charge >= 0.3 is 11.9 Å². The van der Waals surface area contributed by atoms with Crippen LogP contribution in [0.4, 0.5) is 0 Å². The molecule has 0 amide bonds. The van der Waals surface area contributed by atoms with Crippen molar-refractivity contribution in [2.45, 2.75) is 293 Å². The number of carbonyl (C=O) groups excluding carboxylic acids is 2. The molecule has 77 heavy (non-hydrogen) atoms. The Bertz CT molecular complexity index is 1570. The second-order valence-electron chi connectivity index (χ2n) is 21.2. The summed E-state index contributed by atoms with van der Waals surface area (Å²) in [6.07, 6.45) is 41.2. The van der Waals surface area contributed by atoms with Crippen LogP contribution < -0.4 is 0 Å². The lowest BCUT2D eigenvalue weighted by Gasteiger charge is -2.42. The molecule has 0 bridgehead atoms. The first-order chi connectivity index (χ1) is 37.5. The molecule has 0 aliphatic carbocycles. The summed E-state index contributed by atoms with van der Waals surface area (Å²) in [6, 6.07) is 0. The van der Waals surface area contributed by atoms with Crippen molar-refractivity contribution in [3.63, 3.8) is 0 Å². The molecular weight excluding hydrogens is 985 g/mol. The summed E-state index contributed by atoms with van der Waals surface area (Å²) in [5.74, 6) is -1.01. The zero-order valence-corrected chi connectivity index (χ0v) is 47.7. The minimum Gasteiger partial charge on any atom is -0.462 e. The molecule has 2 fully saturated rings. The third-order valence-corrected chi connectivity index (χ3v) is 14.3. The molecule has 0 aromatic heterocycles. The highest BCUT2D eigenvalue weighted by atomic mass is 16.7. The van der Waals surface area contributed by atoms with Crippen LogP contribution in [-0.2, 0) is 38.0 Å². The van der Waals surface area contributed by atoms with Crippen molar-refractivity contribution in [1.82, 2.24) is 0 Å². The number of hydrogen-bond acceptors (Lipinski definition) is 15. The van der Waals surface area contributed by atoms with E-state index in [1.807, 2.05) is 12.2 Å². The van der Waals surface area contributed by atoms with Crippen molar-refractivity contribution in [3.05, 3.63) is 60.8 Å². The first-order valence-electron chi connectivity index (χ1n) is 30.4. The molecule has 7 N–H and O–H groups in total. The zero-order valence-electron chi connectivity index (χ0n) is 47.7. The highest BCUT2D eigenvalue weighted by molar-refractivity contribution is 5.70. The van der Waals surface area contributed by atoms with Crippen molar-refractivity contribution in [3.8, 4) is 0 Å². The number of carbonyl (C=O) groups is 2. The lowest BCUT2D eigenvalue weighted by Crippen LogP contribution is -2.61. The van der Waals surface area contributed by atoms with Gasteiger partial charge < -0.3 is 64.2 Å². The minimum absolute atomic E-state index is 0.0415. The third-order valence-electron chi connectivity index (χ3n) is 14.3. The number of aliphatic hydroxyl groups is 7. The lowest BCUT2D eigenvalue weighted by atomic mass is 9.98. The van der Waals surface area contributed by atoms with E-state index in [0.717, 1.165) is 44.9 Å². The van der Waals surface area contributed by atoms with E-state index >= 15 is 0 Å². The molecule has 15 heteroatoms. The van der Waals surface area contributed by atoms with Crippen molar-refractivity contribution in [2.24, 2.45) is 0 Å². The molecule has 0 radical (unpaired) electrons. The van der Waals surface area contributed by atoms with Gasteiger partial charge in [0.2, 0.25) is 0 Å². The number of unbranched alkanes of at least 4 members (excludes halogenated alkanes) is 24. The number of aliphatic hydroxyl groups excluding tert-OH is 7. The monoisotopic (exact) mass is 1090 g/mol. The summed E-state index contributed by atoms with van der Waals surface area (Å²) in [5.41, 5.74) is 0. The Morgan fingerprint density at radius 2 is 0.805 bits per heavy atom. The molecule has 4 unspecified atom stereocenters. The Morgan fingerprint density at radius 3 is 1.27 bits per heavy atom. The average Bonchev–Trinajstić information content (AvgIpc) is 3.43. The van der Waals surface area contributed by atoms with Crippen LogP contribution in [0.15, 0.2) is 60.8 Å². The van der Waals surface area contributed by atoms with Crippen LogP contribution in [0.3, 0.4) is 0 Å². The van der Waals surface area contributed by atoms with E-state index in [1.54, 1.807) is 0 Å². The predicted octanol–water partition coefficient (Wildman–Crippen LogP) is 10.8. The minimum atomic E-state index is -1.78. The standard InChI is InChI=1S/C62H108O15/c1-3-5-7-9-11-13-15-17-19-21-23-24-25-27-28-30-32-34-36-38-40-42-44-53(64)72-47-50(75-54(65)45-43-41-39-37-35-33-31-29-26-22-20-18-16-14-12-10-8-6-4-2)48-73-61-60(71)58(69)56(67)52(77-61)49-74-62-59(70)57(68)55(66)51(46-63)76-62/h12,14,18,20,26,29,33,35,39,41,50-52,55-63,66-71H,3-11,13,15-17,19,21-25,27-28,30-32,34,36-38,40,42-49H2,1-2H3/b14-12+,20-18+,29-26+,35-33+,41-39+/t50-,51+,52+,55-,56-,57?,58?,59?,60?,61+,62+/m0/s1. The van der Waals surface area contributed by atoms with Crippen LogP contribution in [0, 0.1) is 0 Å². The highest BCUT2D eigenvalue weighted by Crippen LogP contribution is 2.27. The number of ether oxygens (including phenoxy) is 6. The fraction of sp³-hybridized carbons (Fsp3) is 0.806. The maximum atomic E-state index is 13.0. The Kier molecular flexibility index (Phi) is 43.8. The van der Waals surface area contributed by atoms with Crippen LogP contribution in [-0.4, -0.2) is 142 Å². The summed E-state index contributed by atoms with van der Waals surface area (Å²) in [7, 11) is 0. The molecule has 2 rings (SSSR count). The van der Waals surface area contributed by atoms with Crippen LogP contribution in [0.5, 0.6) is 0 Å². The van der Waals surface area contributed by atoms with Crippen LogP contribution in [0.25, 0.3) is 0 Å². The van der Waals surface area contributed by atoms with Gasteiger partial charge in [0, 0.05) is 12.8 Å². The zero-order chi connectivity index (χ0) is 56.0. The Balaban J connectivity index is 1.76. The average molecular weight is 1090 g/mol. The van der Waals surface area contributed by atoms with Crippen molar-refractivity contribution >= 4 is 11.9 Å². The summed E-state index contributed by atoms with van der Waals surface area (Å²) in [6.45, 7) is 2.52. The molecule has 2 heterocycles. The summed E-state index contributed by atoms with van der Waals surface area (Å²) in [5, 5.41) is 72.3. The first-order valence-corrected chi connectivity index (χ1v) is 30.4. The normalized spacial score (nSPS) is 24.6. The quantitative estimate of drug-likeness (QED) is 0.0171. The van der Waals surface area contributed by atoms with Gasteiger partial charge in [0.15, 0.2) is 18.7 Å². The smallest absolute Gasteiger partial charge is 0.306 e. The molecule has 11 atom stereocenters. The van der Waals surface area contributed by atoms with E-state index in [2.05, 4.69) is 62.5 Å². The SMILES string of the molecule is CCCCC/C=C/C/C=C/C/C=C/C/C=C/C/C=C/CCC(=O)O[C@@H](COC(=O)CCCCCCCCCCCCCCCCCCCCCCCC)CO[C@@H]1O[C@H](CO[C@@H]2O[C@H](CO)[C@H](O)C(O)C2O)[C@H](O)C(O)C1O. The molecule has 0 saturated carbocycles. The fourth-order valence-corrected chi connectivity index (χ4v) is 9.32. The second kappa shape index (κ2) is 48.0. The van der Waals surface area contributed by atoms with E-state index in [-0.39, 0.29) is 19.4 Å². The fourth-order valence-electron chi connectivity index (χ4n) is 9.32. The van der Waals surface area contributed by atoms with Crippen molar-refractivity contribution in [1.29, 1.82) is 0 Å². The van der Waals surface area contributed by atoms with Gasteiger partial charge in [0.1, 0.15) is 55.4 Å². The second-order valence-corrected chi connectivity index (χ2v) is 21.2. The molecule has 0 aromatic carbocycles. The van der Waals surface area contributed by atoms with Gasteiger partial charge in [0.25, 0.3) is 0 Å². The first kappa shape index (κ1) is 70.3. The largest absolute Gasteiger partial charge is 0.462 e. The maximum Gasteiger partial charge on any atom is 0.306 e. The van der Waals surface area contributed by atoms with Crippen LogP contribution >= 0.6 is 0 Å². The van der Waals surface area contributed by atoms with E-state index in [4.69, 9.17) is 28.4 Å². The van der Waals surface area contributed by atoms with E-state index < -0.39 is 99.3 Å². The number of esters is 2. The maximum absolute atomic E-state index is 13.0. The van der Waals surface area contributed by atoms with Gasteiger partial charge in [-0.3, -0.25) is 9.59 Å². The van der Waals surface area contributed by atoms with E-state index in [9.17, 15) is 45.3 Å². The molecular formula is C62H108O15. The topological polar surface area (TPSA) is 231 Å². The van der Waals surface area contributed by atoms with Gasteiger partial charge in [-0.1, -0.05) is 222 Å². The molecule has 2 aliphatic heterocycles. The molecule has 0 spiro atoms. The third kappa shape index (κ3) is 34.8. The predicted molar refractivity (Wildman–Crippen MR) is 303 cm³/mol.